The summed E-state index contributed by atoms with van der Waals surface area (Å²) in [5, 5.41) is 3.02. The van der Waals surface area contributed by atoms with Gasteiger partial charge in [-0.25, -0.2) is 0 Å². The van der Waals surface area contributed by atoms with Gasteiger partial charge in [0, 0.05) is 19.5 Å². The van der Waals surface area contributed by atoms with E-state index in [1.165, 1.54) is 32.1 Å². The number of likely N-dealkylation sites (tertiary alicyclic amines) is 1. The fourth-order valence-corrected chi connectivity index (χ4v) is 3.93. The summed E-state index contributed by atoms with van der Waals surface area (Å²) in [7, 11) is 1.62. The van der Waals surface area contributed by atoms with Crippen molar-refractivity contribution in [2.45, 2.75) is 51.0 Å². The van der Waals surface area contributed by atoms with Crippen LogP contribution < -0.4 is 10.1 Å². The Morgan fingerprint density at radius 1 is 1.20 bits per heavy atom. The zero-order valence-corrected chi connectivity index (χ0v) is 15.0. The number of nitrogens with zero attached hydrogens (tertiary/aromatic N) is 1. The van der Waals surface area contributed by atoms with E-state index in [9.17, 15) is 9.59 Å². The third-order valence-electron chi connectivity index (χ3n) is 5.31. The van der Waals surface area contributed by atoms with E-state index in [-0.39, 0.29) is 17.9 Å². The SMILES string of the molecule is COc1ccc(CC(=O)N[C@@H]2CC(=O)N(CC3CCCCC3)C2)cc1. The van der Waals surface area contributed by atoms with E-state index < -0.39 is 0 Å². The minimum absolute atomic E-state index is 0.0255. The summed E-state index contributed by atoms with van der Waals surface area (Å²) in [6.45, 7) is 1.52. The Labute approximate surface area is 149 Å². The normalized spacial score (nSPS) is 21.4. The molecule has 0 bridgehead atoms. The van der Waals surface area contributed by atoms with Gasteiger partial charge in [0.1, 0.15) is 5.75 Å². The van der Waals surface area contributed by atoms with Crippen molar-refractivity contribution >= 4 is 11.8 Å². The lowest BCUT2D eigenvalue weighted by atomic mass is 9.89. The van der Waals surface area contributed by atoms with Crippen molar-refractivity contribution in [2.24, 2.45) is 5.92 Å². The molecule has 0 spiro atoms. The number of amides is 2. The Kier molecular flexibility index (Phi) is 5.95. The van der Waals surface area contributed by atoms with Crippen molar-refractivity contribution in [3.63, 3.8) is 0 Å². The van der Waals surface area contributed by atoms with E-state index in [1.54, 1.807) is 7.11 Å². The first-order valence-electron chi connectivity index (χ1n) is 9.34. The van der Waals surface area contributed by atoms with Crippen LogP contribution in [0.4, 0.5) is 0 Å². The fourth-order valence-electron chi connectivity index (χ4n) is 3.93. The summed E-state index contributed by atoms with van der Waals surface area (Å²) in [6.07, 6.45) is 7.13. The largest absolute Gasteiger partial charge is 0.497 e. The molecule has 2 fully saturated rings. The lowest BCUT2D eigenvalue weighted by Gasteiger charge is -2.27. The first kappa shape index (κ1) is 17.8. The molecule has 1 saturated carbocycles. The number of hydrogen-bond acceptors (Lipinski definition) is 3. The summed E-state index contributed by atoms with van der Waals surface area (Å²) in [5.74, 6) is 1.58. The topological polar surface area (TPSA) is 58.6 Å². The standard InChI is InChI=1S/C20H28N2O3/c1-25-18-9-7-15(8-10-18)11-19(23)21-17-12-20(24)22(14-17)13-16-5-3-2-4-6-16/h7-10,16-17H,2-6,11-14H2,1H3,(H,21,23)/t17-/m1/s1. The number of nitrogens with one attached hydrogen (secondary N) is 1. The second-order valence-electron chi connectivity index (χ2n) is 7.30. The molecule has 136 valence electrons. The highest BCUT2D eigenvalue weighted by atomic mass is 16.5. The molecule has 1 N–H and O–H groups in total. The predicted molar refractivity (Wildman–Crippen MR) is 96.4 cm³/mol. The second-order valence-corrected chi connectivity index (χ2v) is 7.30. The maximum atomic E-state index is 12.3. The molecular formula is C20H28N2O3. The summed E-state index contributed by atoms with van der Waals surface area (Å²) in [6, 6.07) is 7.45. The van der Waals surface area contributed by atoms with Gasteiger partial charge in [0.2, 0.25) is 11.8 Å². The first-order valence-corrected chi connectivity index (χ1v) is 9.34. The number of methoxy groups -OCH3 is 1. The highest BCUT2D eigenvalue weighted by Gasteiger charge is 2.32. The van der Waals surface area contributed by atoms with Gasteiger partial charge >= 0.3 is 0 Å². The van der Waals surface area contributed by atoms with Gasteiger partial charge in [-0.1, -0.05) is 31.4 Å². The number of benzene rings is 1. The Morgan fingerprint density at radius 3 is 2.60 bits per heavy atom. The molecule has 0 unspecified atom stereocenters. The fraction of sp³-hybridized carbons (Fsp3) is 0.600. The van der Waals surface area contributed by atoms with Crippen LogP contribution in [0.1, 0.15) is 44.1 Å². The molecule has 0 radical (unpaired) electrons. The van der Waals surface area contributed by atoms with Crippen LogP contribution in [0.2, 0.25) is 0 Å². The van der Waals surface area contributed by atoms with Gasteiger partial charge < -0.3 is 15.0 Å². The average molecular weight is 344 g/mol. The third-order valence-corrected chi connectivity index (χ3v) is 5.31. The van der Waals surface area contributed by atoms with Crippen molar-refractivity contribution in [2.75, 3.05) is 20.2 Å². The lowest BCUT2D eigenvalue weighted by molar-refractivity contribution is -0.128. The third kappa shape index (κ3) is 4.97. The predicted octanol–water partition coefficient (Wildman–Crippen LogP) is 2.54. The maximum Gasteiger partial charge on any atom is 0.224 e. The smallest absolute Gasteiger partial charge is 0.224 e. The van der Waals surface area contributed by atoms with Gasteiger partial charge in [-0.15, -0.1) is 0 Å². The Hall–Kier alpha value is -2.04. The van der Waals surface area contributed by atoms with Gasteiger partial charge in [0.05, 0.1) is 19.6 Å². The van der Waals surface area contributed by atoms with Gasteiger partial charge in [-0.05, 0) is 36.5 Å². The molecule has 1 atom stereocenters. The van der Waals surface area contributed by atoms with E-state index in [0.717, 1.165) is 17.9 Å². The van der Waals surface area contributed by atoms with Crippen molar-refractivity contribution in [3.8, 4) is 5.75 Å². The number of hydrogen-bond donors (Lipinski definition) is 1. The quantitative estimate of drug-likeness (QED) is 0.863. The van der Waals surface area contributed by atoms with Gasteiger partial charge in [0.15, 0.2) is 0 Å². The van der Waals surface area contributed by atoms with Crippen LogP contribution in [-0.2, 0) is 16.0 Å². The van der Waals surface area contributed by atoms with Crippen LogP contribution in [0.3, 0.4) is 0 Å². The molecule has 0 aromatic heterocycles. The Bertz CT molecular complexity index is 593. The highest BCUT2D eigenvalue weighted by molar-refractivity contribution is 5.83. The molecule has 1 aromatic rings. The summed E-state index contributed by atoms with van der Waals surface area (Å²) in [5.41, 5.74) is 0.946. The van der Waals surface area contributed by atoms with Crippen LogP contribution in [0.5, 0.6) is 5.75 Å². The number of ether oxygens (including phenoxy) is 1. The number of carbonyl (C=O) groups is 2. The van der Waals surface area contributed by atoms with Crippen molar-refractivity contribution in [1.82, 2.24) is 10.2 Å². The van der Waals surface area contributed by atoms with E-state index >= 15 is 0 Å². The molecule has 1 saturated heterocycles. The lowest BCUT2D eigenvalue weighted by Crippen LogP contribution is -2.39. The average Bonchev–Trinajstić information content (AvgIpc) is 2.95. The first-order chi connectivity index (χ1) is 12.1. The van der Waals surface area contributed by atoms with Gasteiger partial charge in [-0.3, -0.25) is 9.59 Å². The maximum absolute atomic E-state index is 12.3. The van der Waals surface area contributed by atoms with Crippen molar-refractivity contribution in [3.05, 3.63) is 29.8 Å². The van der Waals surface area contributed by atoms with E-state index in [4.69, 9.17) is 4.74 Å². The molecule has 2 aliphatic rings. The second kappa shape index (κ2) is 8.37. The van der Waals surface area contributed by atoms with Crippen LogP contribution in [0.25, 0.3) is 0 Å². The molecule has 5 nitrogen and oxygen atoms in total. The highest BCUT2D eigenvalue weighted by Crippen LogP contribution is 2.26. The monoisotopic (exact) mass is 344 g/mol. The van der Waals surface area contributed by atoms with E-state index in [2.05, 4.69) is 5.32 Å². The molecule has 1 aliphatic carbocycles. The van der Waals surface area contributed by atoms with Crippen molar-refractivity contribution < 1.29 is 14.3 Å². The Morgan fingerprint density at radius 2 is 1.92 bits per heavy atom. The zero-order valence-electron chi connectivity index (χ0n) is 15.0. The molecule has 5 heteroatoms. The minimum atomic E-state index is -0.0539. The summed E-state index contributed by atoms with van der Waals surface area (Å²) >= 11 is 0. The molecule has 2 amide bonds. The van der Waals surface area contributed by atoms with E-state index in [1.807, 2.05) is 29.2 Å². The summed E-state index contributed by atoms with van der Waals surface area (Å²) in [4.78, 5) is 26.4. The molecular weight excluding hydrogens is 316 g/mol. The molecule has 1 heterocycles. The zero-order chi connectivity index (χ0) is 17.6. The molecule has 25 heavy (non-hydrogen) atoms. The van der Waals surface area contributed by atoms with Crippen LogP contribution in [0, 0.1) is 5.92 Å². The summed E-state index contributed by atoms with van der Waals surface area (Å²) < 4.78 is 5.12. The van der Waals surface area contributed by atoms with Gasteiger partial charge in [0.25, 0.3) is 0 Å². The van der Waals surface area contributed by atoms with Crippen LogP contribution in [0.15, 0.2) is 24.3 Å². The van der Waals surface area contributed by atoms with Crippen molar-refractivity contribution in [1.29, 1.82) is 0 Å². The molecule has 3 rings (SSSR count). The Balaban J connectivity index is 1.46. The number of carbonyl (C=O) groups excluding carboxylic acids is 2. The van der Waals surface area contributed by atoms with Crippen LogP contribution >= 0.6 is 0 Å². The van der Waals surface area contributed by atoms with E-state index in [0.29, 0.717) is 25.3 Å². The minimum Gasteiger partial charge on any atom is -0.497 e. The number of rotatable bonds is 6. The molecule has 1 aliphatic heterocycles. The van der Waals surface area contributed by atoms with Gasteiger partial charge in [-0.2, -0.15) is 0 Å². The van der Waals surface area contributed by atoms with Crippen LogP contribution in [-0.4, -0.2) is 43.0 Å². The molecule has 1 aromatic carbocycles.